The van der Waals surface area contributed by atoms with Crippen molar-refractivity contribution in [3.8, 4) is 5.75 Å². The van der Waals surface area contributed by atoms with E-state index in [0.717, 1.165) is 5.56 Å². The zero-order valence-electron chi connectivity index (χ0n) is 14.4. The summed E-state index contributed by atoms with van der Waals surface area (Å²) in [5, 5.41) is 2.80. The highest BCUT2D eigenvalue weighted by atomic mass is 32.2. The van der Waals surface area contributed by atoms with Crippen LogP contribution < -0.4 is 14.8 Å². The van der Waals surface area contributed by atoms with Crippen LogP contribution >= 0.6 is 0 Å². The van der Waals surface area contributed by atoms with Gasteiger partial charge in [0.15, 0.2) is 0 Å². The SMILES string of the molecule is COc1ccc(S(=O)(=O)N[C@H](C)C(=O)N[C@@H](C)c2ccccc2)cc1. The van der Waals surface area contributed by atoms with Crippen LogP contribution in [0.25, 0.3) is 0 Å². The summed E-state index contributed by atoms with van der Waals surface area (Å²) in [6.07, 6.45) is 0. The van der Waals surface area contributed by atoms with Crippen LogP contribution in [-0.2, 0) is 14.8 Å². The van der Waals surface area contributed by atoms with E-state index in [1.807, 2.05) is 37.3 Å². The topological polar surface area (TPSA) is 84.5 Å². The second kappa shape index (κ2) is 8.13. The van der Waals surface area contributed by atoms with Gasteiger partial charge in [-0.15, -0.1) is 0 Å². The first-order chi connectivity index (χ1) is 11.8. The molecule has 2 aromatic rings. The summed E-state index contributed by atoms with van der Waals surface area (Å²) in [7, 11) is -2.29. The molecule has 0 heterocycles. The standard InChI is InChI=1S/C18H22N2O4S/c1-13(15-7-5-4-6-8-15)19-18(21)14(2)20-25(22,23)17-11-9-16(24-3)10-12-17/h4-14,20H,1-3H3,(H,19,21)/t13-,14+/m0/s1. The Hall–Kier alpha value is -2.38. The molecule has 0 spiro atoms. The molecule has 0 aromatic heterocycles. The molecule has 134 valence electrons. The Morgan fingerprint density at radius 3 is 2.16 bits per heavy atom. The monoisotopic (exact) mass is 362 g/mol. The lowest BCUT2D eigenvalue weighted by Crippen LogP contribution is -2.45. The smallest absolute Gasteiger partial charge is 0.241 e. The van der Waals surface area contributed by atoms with Crippen molar-refractivity contribution in [1.29, 1.82) is 0 Å². The fourth-order valence-electron chi connectivity index (χ4n) is 2.27. The molecule has 0 bridgehead atoms. The number of carbonyl (C=O) groups excluding carboxylic acids is 1. The minimum absolute atomic E-state index is 0.0732. The maximum Gasteiger partial charge on any atom is 0.241 e. The minimum atomic E-state index is -3.80. The van der Waals surface area contributed by atoms with Crippen molar-refractivity contribution in [2.75, 3.05) is 7.11 Å². The number of ether oxygens (including phenoxy) is 1. The summed E-state index contributed by atoms with van der Waals surface area (Å²) in [6, 6.07) is 14.3. The molecular formula is C18H22N2O4S. The van der Waals surface area contributed by atoms with E-state index in [4.69, 9.17) is 4.74 Å². The van der Waals surface area contributed by atoms with Gasteiger partial charge in [-0.2, -0.15) is 4.72 Å². The van der Waals surface area contributed by atoms with Crippen molar-refractivity contribution in [3.63, 3.8) is 0 Å². The maximum absolute atomic E-state index is 12.4. The number of rotatable bonds is 7. The molecule has 2 N–H and O–H groups in total. The Morgan fingerprint density at radius 2 is 1.60 bits per heavy atom. The van der Waals surface area contributed by atoms with Gasteiger partial charge >= 0.3 is 0 Å². The lowest BCUT2D eigenvalue weighted by atomic mass is 10.1. The van der Waals surface area contributed by atoms with Crippen molar-refractivity contribution in [2.45, 2.75) is 30.8 Å². The average molecular weight is 362 g/mol. The molecule has 2 atom stereocenters. The largest absolute Gasteiger partial charge is 0.497 e. The van der Waals surface area contributed by atoms with Gasteiger partial charge < -0.3 is 10.1 Å². The average Bonchev–Trinajstić information content (AvgIpc) is 2.62. The van der Waals surface area contributed by atoms with Crippen LogP contribution in [0.3, 0.4) is 0 Å². The molecule has 2 aromatic carbocycles. The molecule has 7 heteroatoms. The first-order valence-corrected chi connectivity index (χ1v) is 9.33. The highest BCUT2D eigenvalue weighted by Gasteiger charge is 2.23. The fourth-order valence-corrected chi connectivity index (χ4v) is 3.48. The molecule has 1 amide bonds. The number of amides is 1. The Kier molecular flexibility index (Phi) is 6.17. The number of hydrogen-bond donors (Lipinski definition) is 2. The predicted octanol–water partition coefficient (Wildman–Crippen LogP) is 2.24. The van der Waals surface area contributed by atoms with E-state index in [9.17, 15) is 13.2 Å². The Morgan fingerprint density at radius 1 is 1.00 bits per heavy atom. The molecule has 0 unspecified atom stereocenters. The molecular weight excluding hydrogens is 340 g/mol. The maximum atomic E-state index is 12.4. The second-order valence-corrected chi connectivity index (χ2v) is 7.37. The normalized spacial score (nSPS) is 13.7. The van der Waals surface area contributed by atoms with E-state index >= 15 is 0 Å². The van der Waals surface area contributed by atoms with Gasteiger partial charge in [0.2, 0.25) is 15.9 Å². The van der Waals surface area contributed by atoms with Crippen LogP contribution in [0.1, 0.15) is 25.5 Å². The number of carbonyl (C=O) groups is 1. The summed E-state index contributed by atoms with van der Waals surface area (Å²) < 4.78 is 32.1. The molecule has 0 saturated carbocycles. The fraction of sp³-hybridized carbons (Fsp3) is 0.278. The zero-order chi connectivity index (χ0) is 18.4. The van der Waals surface area contributed by atoms with Gasteiger partial charge in [-0.05, 0) is 43.7 Å². The summed E-state index contributed by atoms with van der Waals surface area (Å²) >= 11 is 0. The van der Waals surface area contributed by atoms with Crippen LogP contribution in [0.5, 0.6) is 5.75 Å². The van der Waals surface area contributed by atoms with Crippen LogP contribution in [0.2, 0.25) is 0 Å². The van der Waals surface area contributed by atoms with Crippen molar-refractivity contribution in [2.24, 2.45) is 0 Å². The molecule has 25 heavy (non-hydrogen) atoms. The Balaban J connectivity index is 2.01. The summed E-state index contributed by atoms with van der Waals surface area (Å²) in [4.78, 5) is 12.4. The lowest BCUT2D eigenvalue weighted by molar-refractivity contribution is -0.123. The second-order valence-electron chi connectivity index (χ2n) is 5.66. The predicted molar refractivity (Wildman–Crippen MR) is 95.8 cm³/mol. The van der Waals surface area contributed by atoms with Gasteiger partial charge in [0.25, 0.3) is 0 Å². The molecule has 0 aliphatic rings. The summed E-state index contributed by atoms with van der Waals surface area (Å²) in [5.74, 6) is 0.162. The number of nitrogens with one attached hydrogen (secondary N) is 2. The van der Waals surface area contributed by atoms with E-state index in [-0.39, 0.29) is 10.9 Å². The first kappa shape index (κ1) is 19.0. The molecule has 0 saturated heterocycles. The van der Waals surface area contributed by atoms with Gasteiger partial charge in [0, 0.05) is 0 Å². The Bertz CT molecular complexity index is 805. The van der Waals surface area contributed by atoms with Crippen LogP contribution in [-0.4, -0.2) is 27.5 Å². The number of hydrogen-bond acceptors (Lipinski definition) is 4. The van der Waals surface area contributed by atoms with Crippen molar-refractivity contribution >= 4 is 15.9 Å². The highest BCUT2D eigenvalue weighted by Crippen LogP contribution is 2.16. The minimum Gasteiger partial charge on any atom is -0.497 e. The van der Waals surface area contributed by atoms with Crippen molar-refractivity contribution in [1.82, 2.24) is 10.0 Å². The van der Waals surface area contributed by atoms with Crippen LogP contribution in [0.4, 0.5) is 0 Å². The quantitative estimate of drug-likeness (QED) is 0.791. The highest BCUT2D eigenvalue weighted by molar-refractivity contribution is 7.89. The summed E-state index contributed by atoms with van der Waals surface area (Å²) in [5.41, 5.74) is 0.945. The third-order valence-electron chi connectivity index (χ3n) is 3.75. The van der Waals surface area contributed by atoms with Gasteiger partial charge in [-0.3, -0.25) is 4.79 Å². The molecule has 2 rings (SSSR count). The molecule has 0 aliphatic carbocycles. The van der Waals surface area contributed by atoms with Crippen molar-refractivity contribution < 1.29 is 17.9 Å². The van der Waals surface area contributed by atoms with Crippen molar-refractivity contribution in [3.05, 3.63) is 60.2 Å². The van der Waals surface area contributed by atoms with Crippen LogP contribution in [0, 0.1) is 0 Å². The van der Waals surface area contributed by atoms with E-state index in [1.54, 1.807) is 12.1 Å². The van der Waals surface area contributed by atoms with E-state index in [2.05, 4.69) is 10.0 Å². The molecule has 0 fully saturated rings. The molecule has 0 radical (unpaired) electrons. The van der Waals surface area contributed by atoms with Gasteiger partial charge in [0.05, 0.1) is 24.1 Å². The number of benzene rings is 2. The zero-order valence-corrected chi connectivity index (χ0v) is 15.2. The van der Waals surface area contributed by atoms with Gasteiger partial charge in [0.1, 0.15) is 5.75 Å². The number of sulfonamides is 1. The van der Waals surface area contributed by atoms with Gasteiger partial charge in [-0.1, -0.05) is 30.3 Å². The molecule has 6 nitrogen and oxygen atoms in total. The van der Waals surface area contributed by atoms with Crippen LogP contribution in [0.15, 0.2) is 59.5 Å². The van der Waals surface area contributed by atoms with E-state index < -0.39 is 22.0 Å². The van der Waals surface area contributed by atoms with E-state index in [0.29, 0.717) is 5.75 Å². The number of methoxy groups -OCH3 is 1. The van der Waals surface area contributed by atoms with Gasteiger partial charge in [-0.25, -0.2) is 8.42 Å². The molecule has 0 aliphatic heterocycles. The van der Waals surface area contributed by atoms with E-state index in [1.165, 1.54) is 26.2 Å². The third kappa shape index (κ3) is 5.04. The Labute approximate surface area is 148 Å². The summed E-state index contributed by atoms with van der Waals surface area (Å²) in [6.45, 7) is 3.35. The first-order valence-electron chi connectivity index (χ1n) is 7.85. The third-order valence-corrected chi connectivity index (χ3v) is 5.31. The lowest BCUT2D eigenvalue weighted by Gasteiger charge is -2.19.